The molecule has 0 saturated heterocycles. The van der Waals surface area contributed by atoms with Crippen LogP contribution >= 0.6 is 15.9 Å². The molecule has 2 aromatic rings. The Morgan fingerprint density at radius 2 is 1.82 bits per heavy atom. The third-order valence-corrected chi connectivity index (χ3v) is 3.70. The highest BCUT2D eigenvalue weighted by Crippen LogP contribution is 2.12. The first-order valence-electron chi connectivity index (χ1n) is 7.02. The van der Waals surface area contributed by atoms with Gasteiger partial charge in [0.1, 0.15) is 5.75 Å². The molecule has 0 heterocycles. The van der Waals surface area contributed by atoms with Gasteiger partial charge in [0.15, 0.2) is 0 Å². The summed E-state index contributed by atoms with van der Waals surface area (Å²) < 4.78 is 6.13. The Bertz CT molecular complexity index is 633. The second-order valence-corrected chi connectivity index (χ2v) is 5.69. The molecule has 0 aliphatic heterocycles. The van der Waals surface area contributed by atoms with Crippen LogP contribution in [0.1, 0.15) is 11.1 Å². The maximum Gasteiger partial charge on any atom is 0.244 e. The van der Waals surface area contributed by atoms with E-state index in [1.807, 2.05) is 48.5 Å². The van der Waals surface area contributed by atoms with E-state index in [0.29, 0.717) is 6.54 Å². The van der Waals surface area contributed by atoms with Crippen LogP contribution in [0, 0.1) is 0 Å². The van der Waals surface area contributed by atoms with Gasteiger partial charge in [0.2, 0.25) is 5.91 Å². The highest BCUT2D eigenvalue weighted by molar-refractivity contribution is 9.10. The first-order chi connectivity index (χ1) is 10.7. The third kappa shape index (κ3) is 5.37. The average molecular weight is 360 g/mol. The summed E-state index contributed by atoms with van der Waals surface area (Å²) in [4.78, 5) is 11.7. The van der Waals surface area contributed by atoms with Gasteiger partial charge < -0.3 is 10.1 Å². The molecule has 0 fully saturated rings. The van der Waals surface area contributed by atoms with Gasteiger partial charge in [-0.2, -0.15) is 0 Å². The van der Waals surface area contributed by atoms with Gasteiger partial charge in [0, 0.05) is 17.1 Å². The standard InChI is InChI=1S/C18H18BrNO2/c1-22-17-9-4-15(5-10-17)12-13-20-18(21)11-6-14-2-7-16(19)8-3-14/h2-11H,12-13H2,1H3,(H,20,21). The summed E-state index contributed by atoms with van der Waals surface area (Å²) in [6.07, 6.45) is 4.15. The molecule has 0 radical (unpaired) electrons. The second kappa shape index (κ2) is 8.39. The molecule has 4 heteroatoms. The molecule has 22 heavy (non-hydrogen) atoms. The Morgan fingerprint density at radius 1 is 1.14 bits per heavy atom. The van der Waals surface area contributed by atoms with Gasteiger partial charge >= 0.3 is 0 Å². The lowest BCUT2D eigenvalue weighted by atomic mass is 10.1. The summed E-state index contributed by atoms with van der Waals surface area (Å²) >= 11 is 3.38. The average Bonchev–Trinajstić information content (AvgIpc) is 2.55. The largest absolute Gasteiger partial charge is 0.497 e. The van der Waals surface area contributed by atoms with Crippen LogP contribution in [-0.2, 0) is 11.2 Å². The van der Waals surface area contributed by atoms with Gasteiger partial charge in [-0.25, -0.2) is 0 Å². The van der Waals surface area contributed by atoms with Crippen molar-refractivity contribution in [1.82, 2.24) is 5.32 Å². The maximum absolute atomic E-state index is 11.7. The number of carbonyl (C=O) groups excluding carboxylic acids is 1. The molecule has 0 atom stereocenters. The van der Waals surface area contributed by atoms with Gasteiger partial charge in [0.25, 0.3) is 0 Å². The fourth-order valence-corrected chi connectivity index (χ4v) is 2.19. The molecule has 0 aliphatic rings. The number of ether oxygens (including phenoxy) is 1. The molecule has 3 nitrogen and oxygen atoms in total. The summed E-state index contributed by atoms with van der Waals surface area (Å²) in [6, 6.07) is 15.6. The lowest BCUT2D eigenvalue weighted by Gasteiger charge is -2.04. The molecule has 2 rings (SSSR count). The summed E-state index contributed by atoms with van der Waals surface area (Å²) in [6.45, 7) is 0.607. The van der Waals surface area contributed by atoms with Gasteiger partial charge in [0.05, 0.1) is 7.11 Å². The van der Waals surface area contributed by atoms with Crippen molar-refractivity contribution in [2.45, 2.75) is 6.42 Å². The van der Waals surface area contributed by atoms with Crippen LogP contribution in [0.3, 0.4) is 0 Å². The number of methoxy groups -OCH3 is 1. The summed E-state index contributed by atoms with van der Waals surface area (Å²) in [5.74, 6) is 0.752. The number of amides is 1. The lowest BCUT2D eigenvalue weighted by Crippen LogP contribution is -2.23. The number of benzene rings is 2. The fourth-order valence-electron chi connectivity index (χ4n) is 1.93. The molecular formula is C18H18BrNO2. The molecule has 0 spiro atoms. The summed E-state index contributed by atoms with van der Waals surface area (Å²) in [5, 5.41) is 2.88. The molecule has 0 aliphatic carbocycles. The van der Waals surface area contributed by atoms with Crippen molar-refractivity contribution >= 4 is 27.9 Å². The monoisotopic (exact) mass is 359 g/mol. The Hall–Kier alpha value is -2.07. The summed E-state index contributed by atoms with van der Waals surface area (Å²) in [5.41, 5.74) is 2.16. The molecule has 1 N–H and O–H groups in total. The van der Waals surface area contributed by atoms with Crippen LogP contribution in [-0.4, -0.2) is 19.6 Å². The zero-order valence-corrected chi connectivity index (χ0v) is 14.0. The second-order valence-electron chi connectivity index (χ2n) is 4.77. The van der Waals surface area contributed by atoms with Crippen LogP contribution in [0.25, 0.3) is 6.08 Å². The van der Waals surface area contributed by atoms with E-state index in [-0.39, 0.29) is 5.91 Å². The quantitative estimate of drug-likeness (QED) is 0.796. The normalized spacial score (nSPS) is 10.6. The maximum atomic E-state index is 11.7. The van der Waals surface area contributed by atoms with E-state index >= 15 is 0 Å². The van der Waals surface area contributed by atoms with E-state index in [1.54, 1.807) is 19.3 Å². The van der Waals surface area contributed by atoms with Gasteiger partial charge in [-0.1, -0.05) is 40.2 Å². The number of rotatable bonds is 6. The minimum absolute atomic E-state index is 0.0866. The molecule has 0 unspecified atom stereocenters. The Morgan fingerprint density at radius 3 is 2.45 bits per heavy atom. The van der Waals surface area contributed by atoms with Gasteiger partial charge in [-0.05, 0) is 47.9 Å². The lowest BCUT2D eigenvalue weighted by molar-refractivity contribution is -0.116. The SMILES string of the molecule is COc1ccc(CCNC(=O)C=Cc2ccc(Br)cc2)cc1. The number of nitrogens with one attached hydrogen (secondary N) is 1. The van der Waals surface area contributed by atoms with E-state index in [2.05, 4.69) is 21.2 Å². The van der Waals surface area contributed by atoms with Crippen LogP contribution in [0.2, 0.25) is 0 Å². The Kier molecular flexibility index (Phi) is 6.22. The molecule has 1 amide bonds. The van der Waals surface area contributed by atoms with Crippen molar-refractivity contribution in [2.24, 2.45) is 0 Å². The molecular weight excluding hydrogens is 342 g/mol. The molecule has 0 bridgehead atoms. The predicted octanol–water partition coefficient (Wildman–Crippen LogP) is 3.83. The van der Waals surface area contributed by atoms with E-state index < -0.39 is 0 Å². The van der Waals surface area contributed by atoms with Crippen LogP contribution in [0.4, 0.5) is 0 Å². The smallest absolute Gasteiger partial charge is 0.244 e. The Balaban J connectivity index is 1.76. The molecule has 0 saturated carbocycles. The number of carbonyl (C=O) groups is 1. The molecule has 114 valence electrons. The number of halogens is 1. The van der Waals surface area contributed by atoms with Crippen molar-refractivity contribution in [3.8, 4) is 5.75 Å². The number of hydrogen-bond acceptors (Lipinski definition) is 2. The first kappa shape index (κ1) is 16.3. The number of hydrogen-bond donors (Lipinski definition) is 1. The van der Waals surface area contributed by atoms with Crippen LogP contribution < -0.4 is 10.1 Å². The van der Waals surface area contributed by atoms with E-state index in [0.717, 1.165) is 27.8 Å². The Labute approximate surface area is 139 Å². The fraction of sp³-hybridized carbons (Fsp3) is 0.167. The van der Waals surface area contributed by atoms with Gasteiger partial charge in [-0.3, -0.25) is 4.79 Å². The highest BCUT2D eigenvalue weighted by Gasteiger charge is 1.98. The minimum atomic E-state index is -0.0866. The third-order valence-electron chi connectivity index (χ3n) is 3.17. The van der Waals surface area contributed by atoms with Crippen LogP contribution in [0.5, 0.6) is 5.75 Å². The van der Waals surface area contributed by atoms with E-state index in [1.165, 1.54) is 0 Å². The van der Waals surface area contributed by atoms with Crippen molar-refractivity contribution < 1.29 is 9.53 Å². The van der Waals surface area contributed by atoms with Crippen molar-refractivity contribution in [3.63, 3.8) is 0 Å². The molecule has 2 aromatic carbocycles. The zero-order chi connectivity index (χ0) is 15.8. The topological polar surface area (TPSA) is 38.3 Å². The highest BCUT2D eigenvalue weighted by atomic mass is 79.9. The minimum Gasteiger partial charge on any atom is -0.497 e. The predicted molar refractivity (Wildman–Crippen MR) is 92.9 cm³/mol. The van der Waals surface area contributed by atoms with Crippen molar-refractivity contribution in [3.05, 3.63) is 70.2 Å². The van der Waals surface area contributed by atoms with Crippen molar-refractivity contribution in [1.29, 1.82) is 0 Å². The molecule has 0 aromatic heterocycles. The van der Waals surface area contributed by atoms with Crippen LogP contribution in [0.15, 0.2) is 59.1 Å². The summed E-state index contributed by atoms with van der Waals surface area (Å²) in [7, 11) is 1.65. The first-order valence-corrected chi connectivity index (χ1v) is 7.81. The van der Waals surface area contributed by atoms with E-state index in [9.17, 15) is 4.79 Å². The zero-order valence-electron chi connectivity index (χ0n) is 12.4. The van der Waals surface area contributed by atoms with Gasteiger partial charge in [-0.15, -0.1) is 0 Å². The van der Waals surface area contributed by atoms with Crippen molar-refractivity contribution in [2.75, 3.05) is 13.7 Å². The van der Waals surface area contributed by atoms with E-state index in [4.69, 9.17) is 4.74 Å².